The van der Waals surface area contributed by atoms with Crippen LogP contribution in [0.4, 0.5) is 5.69 Å². The number of nitro benzene ring substituents is 1. The molecule has 0 aliphatic carbocycles. The van der Waals surface area contributed by atoms with Crippen molar-refractivity contribution < 1.29 is 14.5 Å². The molecule has 86 valence electrons. The van der Waals surface area contributed by atoms with Crippen LogP contribution in [0.25, 0.3) is 0 Å². The molecule has 1 aromatic rings. The van der Waals surface area contributed by atoms with Crippen molar-refractivity contribution in [3.63, 3.8) is 0 Å². The van der Waals surface area contributed by atoms with Gasteiger partial charge in [0.1, 0.15) is 5.75 Å². The standard InChI is InChI=1S/C11H13NO4/c1-7(2)16-9-4-5-10(8(3)13)11(6-9)12(14)15/h4-7H,1-3H3. The van der Waals surface area contributed by atoms with Crippen LogP contribution in [0.2, 0.25) is 0 Å². The first kappa shape index (κ1) is 12.2. The summed E-state index contributed by atoms with van der Waals surface area (Å²) in [5.41, 5.74) is -0.119. The van der Waals surface area contributed by atoms with Crippen LogP contribution in [0.15, 0.2) is 18.2 Å². The number of Topliss-reactive ketones (excluding diaryl/α,β-unsaturated/α-hetero) is 1. The first-order chi connectivity index (χ1) is 7.41. The summed E-state index contributed by atoms with van der Waals surface area (Å²) in [5.74, 6) is 0.0643. The van der Waals surface area contributed by atoms with E-state index >= 15 is 0 Å². The molecule has 5 heteroatoms. The van der Waals surface area contributed by atoms with Gasteiger partial charge in [0.15, 0.2) is 5.78 Å². The number of nitro groups is 1. The zero-order valence-electron chi connectivity index (χ0n) is 9.39. The summed E-state index contributed by atoms with van der Waals surface area (Å²) >= 11 is 0. The van der Waals surface area contributed by atoms with Gasteiger partial charge < -0.3 is 4.74 Å². The van der Waals surface area contributed by atoms with E-state index in [4.69, 9.17) is 4.74 Å². The van der Waals surface area contributed by atoms with Crippen LogP contribution >= 0.6 is 0 Å². The minimum Gasteiger partial charge on any atom is -0.491 e. The molecule has 0 bridgehead atoms. The number of carbonyl (C=O) groups is 1. The maximum atomic E-state index is 11.2. The second-order valence-electron chi connectivity index (χ2n) is 3.66. The zero-order chi connectivity index (χ0) is 12.3. The topological polar surface area (TPSA) is 69.4 Å². The number of ether oxygens (including phenoxy) is 1. The van der Waals surface area contributed by atoms with E-state index in [0.29, 0.717) is 5.75 Å². The summed E-state index contributed by atoms with van der Waals surface area (Å²) in [6.07, 6.45) is -0.0669. The molecule has 5 nitrogen and oxygen atoms in total. The third-order valence-corrected chi connectivity index (χ3v) is 1.92. The molecule has 0 aliphatic heterocycles. The normalized spacial score (nSPS) is 10.2. The van der Waals surface area contributed by atoms with Crippen molar-refractivity contribution in [2.45, 2.75) is 26.9 Å². The molecule has 1 rings (SSSR count). The quantitative estimate of drug-likeness (QED) is 0.447. The Morgan fingerprint density at radius 2 is 2.06 bits per heavy atom. The highest BCUT2D eigenvalue weighted by Crippen LogP contribution is 2.25. The van der Waals surface area contributed by atoms with E-state index in [2.05, 4.69) is 0 Å². The summed E-state index contributed by atoms with van der Waals surface area (Å²) < 4.78 is 5.32. The van der Waals surface area contributed by atoms with E-state index in [9.17, 15) is 14.9 Å². The second-order valence-corrected chi connectivity index (χ2v) is 3.66. The van der Waals surface area contributed by atoms with Crippen LogP contribution in [0.5, 0.6) is 5.75 Å². The number of hydrogen-bond acceptors (Lipinski definition) is 4. The molecule has 0 N–H and O–H groups in total. The maximum Gasteiger partial charge on any atom is 0.283 e. The molecule has 0 atom stereocenters. The summed E-state index contributed by atoms with van der Waals surface area (Å²) in [6.45, 7) is 4.95. The molecular weight excluding hydrogens is 210 g/mol. The Morgan fingerprint density at radius 1 is 1.44 bits per heavy atom. The second kappa shape index (κ2) is 4.74. The van der Waals surface area contributed by atoms with Crippen LogP contribution in [-0.2, 0) is 0 Å². The number of carbonyl (C=O) groups excluding carboxylic acids is 1. The van der Waals surface area contributed by atoms with Crippen molar-refractivity contribution in [1.82, 2.24) is 0 Å². The predicted molar refractivity (Wildman–Crippen MR) is 58.9 cm³/mol. The molecule has 0 saturated heterocycles. The smallest absolute Gasteiger partial charge is 0.283 e. The molecule has 0 spiro atoms. The Bertz CT molecular complexity index is 426. The molecule has 0 radical (unpaired) electrons. The average molecular weight is 223 g/mol. The highest BCUT2D eigenvalue weighted by Gasteiger charge is 2.18. The average Bonchev–Trinajstić information content (AvgIpc) is 2.16. The van der Waals surface area contributed by atoms with Gasteiger partial charge in [0.05, 0.1) is 22.7 Å². The minimum absolute atomic E-state index is 0.0669. The van der Waals surface area contributed by atoms with Crippen LogP contribution in [0, 0.1) is 10.1 Å². The van der Waals surface area contributed by atoms with E-state index in [1.807, 2.05) is 13.8 Å². The van der Waals surface area contributed by atoms with E-state index in [1.54, 1.807) is 6.07 Å². The van der Waals surface area contributed by atoms with Crippen molar-refractivity contribution in [3.8, 4) is 5.75 Å². The van der Waals surface area contributed by atoms with Gasteiger partial charge in [-0.25, -0.2) is 0 Å². The molecule has 0 saturated carbocycles. The third-order valence-electron chi connectivity index (χ3n) is 1.92. The first-order valence-electron chi connectivity index (χ1n) is 4.88. The molecule has 0 aliphatic rings. The van der Waals surface area contributed by atoms with Gasteiger partial charge >= 0.3 is 0 Å². The lowest BCUT2D eigenvalue weighted by atomic mass is 10.1. The highest BCUT2D eigenvalue weighted by molar-refractivity contribution is 5.98. The molecular formula is C11H13NO4. The predicted octanol–water partition coefficient (Wildman–Crippen LogP) is 2.58. The Labute approximate surface area is 93.2 Å². The molecule has 0 fully saturated rings. The molecule has 16 heavy (non-hydrogen) atoms. The molecule has 0 amide bonds. The van der Waals surface area contributed by atoms with Crippen LogP contribution in [0.3, 0.4) is 0 Å². The van der Waals surface area contributed by atoms with E-state index in [-0.39, 0.29) is 23.1 Å². The summed E-state index contributed by atoms with van der Waals surface area (Å²) in [5, 5.41) is 10.8. The Balaban J connectivity index is 3.17. The van der Waals surface area contributed by atoms with Crippen molar-refractivity contribution in [3.05, 3.63) is 33.9 Å². The van der Waals surface area contributed by atoms with Gasteiger partial charge in [0.2, 0.25) is 0 Å². The van der Waals surface area contributed by atoms with Gasteiger partial charge in [0, 0.05) is 0 Å². The van der Waals surface area contributed by atoms with Crippen molar-refractivity contribution in [2.75, 3.05) is 0 Å². The lowest BCUT2D eigenvalue weighted by molar-refractivity contribution is -0.385. The Kier molecular flexibility index (Phi) is 3.60. The van der Waals surface area contributed by atoms with Gasteiger partial charge in [-0.3, -0.25) is 14.9 Å². The Morgan fingerprint density at radius 3 is 2.50 bits per heavy atom. The zero-order valence-corrected chi connectivity index (χ0v) is 9.39. The van der Waals surface area contributed by atoms with Crippen LogP contribution in [0.1, 0.15) is 31.1 Å². The number of hydrogen-bond donors (Lipinski definition) is 0. The lowest BCUT2D eigenvalue weighted by Crippen LogP contribution is -2.07. The van der Waals surface area contributed by atoms with E-state index in [1.165, 1.54) is 19.1 Å². The third kappa shape index (κ3) is 2.79. The molecule has 0 heterocycles. The number of ketones is 1. The van der Waals surface area contributed by atoms with Gasteiger partial charge in [-0.05, 0) is 32.9 Å². The fourth-order valence-corrected chi connectivity index (χ4v) is 1.31. The minimum atomic E-state index is -0.579. The van der Waals surface area contributed by atoms with Crippen LogP contribution < -0.4 is 4.74 Å². The fourth-order valence-electron chi connectivity index (χ4n) is 1.31. The van der Waals surface area contributed by atoms with Crippen molar-refractivity contribution in [1.29, 1.82) is 0 Å². The lowest BCUT2D eigenvalue weighted by Gasteiger charge is -2.09. The summed E-state index contributed by atoms with van der Waals surface area (Å²) in [4.78, 5) is 21.3. The Hall–Kier alpha value is -1.91. The molecule has 0 aromatic heterocycles. The largest absolute Gasteiger partial charge is 0.491 e. The number of rotatable bonds is 4. The van der Waals surface area contributed by atoms with Gasteiger partial charge in [-0.1, -0.05) is 0 Å². The number of benzene rings is 1. The van der Waals surface area contributed by atoms with Gasteiger partial charge in [0.25, 0.3) is 5.69 Å². The fraction of sp³-hybridized carbons (Fsp3) is 0.364. The van der Waals surface area contributed by atoms with Gasteiger partial charge in [-0.2, -0.15) is 0 Å². The maximum absolute atomic E-state index is 11.2. The van der Waals surface area contributed by atoms with Gasteiger partial charge in [-0.15, -0.1) is 0 Å². The number of nitrogens with zero attached hydrogens (tertiary/aromatic N) is 1. The first-order valence-corrected chi connectivity index (χ1v) is 4.88. The SMILES string of the molecule is CC(=O)c1ccc(OC(C)C)cc1[N+](=O)[O-]. The van der Waals surface area contributed by atoms with Crippen LogP contribution in [-0.4, -0.2) is 16.8 Å². The highest BCUT2D eigenvalue weighted by atomic mass is 16.6. The summed E-state index contributed by atoms with van der Waals surface area (Å²) in [6, 6.07) is 4.25. The van der Waals surface area contributed by atoms with E-state index < -0.39 is 4.92 Å². The monoisotopic (exact) mass is 223 g/mol. The van der Waals surface area contributed by atoms with Crippen molar-refractivity contribution >= 4 is 11.5 Å². The molecule has 1 aromatic carbocycles. The molecule has 0 unspecified atom stereocenters. The summed E-state index contributed by atoms with van der Waals surface area (Å²) in [7, 11) is 0. The van der Waals surface area contributed by atoms with Crippen molar-refractivity contribution in [2.24, 2.45) is 0 Å². The van der Waals surface area contributed by atoms with E-state index in [0.717, 1.165) is 0 Å².